The van der Waals surface area contributed by atoms with Crippen LogP contribution >= 0.6 is 34.8 Å². The van der Waals surface area contributed by atoms with Crippen molar-refractivity contribution in [2.75, 3.05) is 18.0 Å². The molecule has 0 aromatic heterocycles. The van der Waals surface area contributed by atoms with Crippen molar-refractivity contribution >= 4 is 56.5 Å². The van der Waals surface area contributed by atoms with Crippen LogP contribution in [0.25, 0.3) is 0 Å². The zero-order chi connectivity index (χ0) is 18.8. The maximum atomic E-state index is 13.4. The Morgan fingerprint density at radius 2 is 1.76 bits per heavy atom. The van der Waals surface area contributed by atoms with Crippen LogP contribution in [0.4, 0.5) is 10.1 Å². The van der Waals surface area contributed by atoms with Crippen LogP contribution < -0.4 is 4.31 Å². The third kappa shape index (κ3) is 4.36. The van der Waals surface area contributed by atoms with Crippen LogP contribution in [0.3, 0.4) is 0 Å². The molecular formula is C15H11Cl3FNO4S. The molecule has 0 unspecified atom stereocenters. The summed E-state index contributed by atoms with van der Waals surface area (Å²) in [6, 6.07) is 6.96. The average molecular weight is 427 g/mol. The van der Waals surface area contributed by atoms with E-state index in [1.807, 2.05) is 0 Å². The first kappa shape index (κ1) is 19.8. The number of hydrogen-bond acceptors (Lipinski definition) is 4. The summed E-state index contributed by atoms with van der Waals surface area (Å²) in [4.78, 5) is 11.5. The van der Waals surface area contributed by atoms with Crippen molar-refractivity contribution in [3.05, 3.63) is 57.3 Å². The average Bonchev–Trinajstić information content (AvgIpc) is 2.57. The number of rotatable bonds is 5. The van der Waals surface area contributed by atoms with E-state index in [1.54, 1.807) is 0 Å². The smallest absolute Gasteiger partial charge is 0.326 e. The Bertz CT molecular complexity index is 921. The SMILES string of the molecule is COC(=O)CN(c1ccc(F)c(Cl)c1)S(=O)(=O)c1ccc(Cl)c(Cl)c1. The second-order valence-corrected chi connectivity index (χ2v) is 7.85. The molecule has 134 valence electrons. The molecule has 5 nitrogen and oxygen atoms in total. The molecule has 0 heterocycles. The number of esters is 1. The van der Waals surface area contributed by atoms with Gasteiger partial charge in [-0.1, -0.05) is 34.8 Å². The Kier molecular flexibility index (Phi) is 6.16. The fraction of sp³-hybridized carbons (Fsp3) is 0.133. The van der Waals surface area contributed by atoms with Crippen LogP contribution in [-0.2, 0) is 19.6 Å². The van der Waals surface area contributed by atoms with Crippen molar-refractivity contribution in [2.24, 2.45) is 0 Å². The Balaban J connectivity index is 2.58. The van der Waals surface area contributed by atoms with Gasteiger partial charge in [0, 0.05) is 0 Å². The van der Waals surface area contributed by atoms with Gasteiger partial charge >= 0.3 is 5.97 Å². The van der Waals surface area contributed by atoms with Gasteiger partial charge in [-0.25, -0.2) is 12.8 Å². The Hall–Kier alpha value is -1.54. The van der Waals surface area contributed by atoms with Gasteiger partial charge in [-0.2, -0.15) is 0 Å². The Morgan fingerprint density at radius 3 is 2.32 bits per heavy atom. The molecular weight excluding hydrogens is 416 g/mol. The van der Waals surface area contributed by atoms with Gasteiger partial charge in [-0.3, -0.25) is 9.10 Å². The first-order chi connectivity index (χ1) is 11.7. The molecule has 0 aliphatic rings. The number of hydrogen-bond donors (Lipinski definition) is 0. The Labute approximate surface area is 158 Å². The summed E-state index contributed by atoms with van der Waals surface area (Å²) in [6.07, 6.45) is 0. The van der Waals surface area contributed by atoms with Crippen LogP contribution in [0.2, 0.25) is 15.1 Å². The molecule has 0 saturated heterocycles. The molecule has 0 N–H and O–H groups in total. The molecule has 10 heteroatoms. The van der Waals surface area contributed by atoms with E-state index in [0.29, 0.717) is 0 Å². The van der Waals surface area contributed by atoms with Gasteiger partial charge in [0.1, 0.15) is 12.4 Å². The molecule has 0 aliphatic carbocycles. The predicted molar refractivity (Wildman–Crippen MR) is 94.4 cm³/mol. The molecule has 25 heavy (non-hydrogen) atoms. The minimum absolute atomic E-state index is 0.0112. The van der Waals surface area contributed by atoms with E-state index >= 15 is 0 Å². The van der Waals surface area contributed by atoms with Crippen LogP contribution in [0, 0.1) is 5.82 Å². The normalized spacial score (nSPS) is 11.2. The highest BCUT2D eigenvalue weighted by molar-refractivity contribution is 7.92. The van der Waals surface area contributed by atoms with E-state index in [2.05, 4.69) is 4.74 Å². The lowest BCUT2D eigenvalue weighted by Gasteiger charge is -2.23. The minimum atomic E-state index is -4.22. The zero-order valence-electron chi connectivity index (χ0n) is 12.7. The topological polar surface area (TPSA) is 63.7 Å². The predicted octanol–water partition coefficient (Wildman–Crippen LogP) is 4.15. The lowest BCUT2D eigenvalue weighted by Crippen LogP contribution is -2.36. The molecule has 0 spiro atoms. The standard InChI is InChI=1S/C15H11Cl3FNO4S/c1-24-15(21)8-20(9-2-5-14(19)13(18)6-9)25(22,23)10-3-4-11(16)12(17)7-10/h2-7H,8H2,1H3. The summed E-state index contributed by atoms with van der Waals surface area (Å²) < 4.78 is 44.5. The number of anilines is 1. The molecule has 0 aliphatic heterocycles. The van der Waals surface area contributed by atoms with Crippen LogP contribution in [0.1, 0.15) is 0 Å². The summed E-state index contributed by atoms with van der Waals surface area (Å²) in [5, 5.41) is -0.0976. The van der Waals surface area contributed by atoms with Gasteiger partial charge < -0.3 is 4.74 Å². The van der Waals surface area contributed by atoms with Gasteiger partial charge in [-0.15, -0.1) is 0 Å². The highest BCUT2D eigenvalue weighted by Crippen LogP contribution is 2.30. The second kappa shape index (κ2) is 7.78. The fourth-order valence-corrected chi connectivity index (χ4v) is 3.87. The number of methoxy groups -OCH3 is 1. The number of carbonyl (C=O) groups is 1. The number of benzene rings is 2. The van der Waals surface area contributed by atoms with Gasteiger partial charge in [0.2, 0.25) is 0 Å². The van der Waals surface area contributed by atoms with Crippen LogP contribution in [0.15, 0.2) is 41.3 Å². The molecule has 0 amide bonds. The molecule has 2 rings (SSSR count). The van der Waals surface area contributed by atoms with E-state index in [4.69, 9.17) is 34.8 Å². The van der Waals surface area contributed by atoms with Crippen molar-refractivity contribution in [1.29, 1.82) is 0 Å². The van der Waals surface area contributed by atoms with Crippen LogP contribution in [0.5, 0.6) is 0 Å². The lowest BCUT2D eigenvalue weighted by atomic mass is 10.3. The molecule has 2 aromatic rings. The summed E-state index contributed by atoms with van der Waals surface area (Å²) in [7, 11) is -3.10. The maximum Gasteiger partial charge on any atom is 0.326 e. The zero-order valence-corrected chi connectivity index (χ0v) is 15.8. The first-order valence-electron chi connectivity index (χ1n) is 6.66. The number of ether oxygens (including phenoxy) is 1. The van der Waals surface area contributed by atoms with Crippen molar-refractivity contribution < 1.29 is 22.3 Å². The third-order valence-corrected chi connectivity index (χ3v) is 5.97. The number of carbonyl (C=O) groups excluding carboxylic acids is 1. The highest BCUT2D eigenvalue weighted by atomic mass is 35.5. The molecule has 0 fully saturated rings. The number of halogens is 4. The minimum Gasteiger partial charge on any atom is -0.468 e. The van der Waals surface area contributed by atoms with Gasteiger partial charge in [0.05, 0.1) is 32.8 Å². The van der Waals surface area contributed by atoms with Crippen molar-refractivity contribution in [1.82, 2.24) is 0 Å². The third-order valence-electron chi connectivity index (χ3n) is 3.17. The van der Waals surface area contributed by atoms with E-state index in [-0.39, 0.29) is 25.7 Å². The van der Waals surface area contributed by atoms with Crippen LogP contribution in [-0.4, -0.2) is 28.0 Å². The van der Waals surface area contributed by atoms with Gasteiger partial charge in [0.25, 0.3) is 10.0 Å². The highest BCUT2D eigenvalue weighted by Gasteiger charge is 2.28. The summed E-state index contributed by atoms with van der Waals surface area (Å²) in [5.41, 5.74) is -0.0112. The number of nitrogens with zero attached hydrogens (tertiary/aromatic N) is 1. The van der Waals surface area contributed by atoms with Crippen molar-refractivity contribution in [3.63, 3.8) is 0 Å². The largest absolute Gasteiger partial charge is 0.468 e. The van der Waals surface area contributed by atoms with E-state index in [9.17, 15) is 17.6 Å². The van der Waals surface area contributed by atoms with E-state index in [1.165, 1.54) is 18.2 Å². The van der Waals surface area contributed by atoms with E-state index in [0.717, 1.165) is 29.6 Å². The maximum absolute atomic E-state index is 13.4. The summed E-state index contributed by atoms with van der Waals surface area (Å²) >= 11 is 17.4. The van der Waals surface area contributed by atoms with Gasteiger partial charge in [-0.05, 0) is 36.4 Å². The van der Waals surface area contributed by atoms with E-state index < -0.39 is 28.4 Å². The summed E-state index contributed by atoms with van der Waals surface area (Å²) in [5.74, 6) is -1.54. The Morgan fingerprint density at radius 1 is 1.08 bits per heavy atom. The number of sulfonamides is 1. The summed E-state index contributed by atoms with van der Waals surface area (Å²) in [6.45, 7) is -0.638. The quantitative estimate of drug-likeness (QED) is 0.674. The molecule has 0 saturated carbocycles. The molecule has 0 atom stereocenters. The van der Waals surface area contributed by atoms with Crippen molar-refractivity contribution in [3.8, 4) is 0 Å². The fourth-order valence-electron chi connectivity index (χ4n) is 1.90. The second-order valence-electron chi connectivity index (χ2n) is 4.76. The monoisotopic (exact) mass is 425 g/mol. The molecule has 0 radical (unpaired) electrons. The molecule has 0 bridgehead atoms. The lowest BCUT2D eigenvalue weighted by molar-refractivity contribution is -0.138. The molecule has 2 aromatic carbocycles. The van der Waals surface area contributed by atoms with Gasteiger partial charge in [0.15, 0.2) is 0 Å². The first-order valence-corrected chi connectivity index (χ1v) is 9.24. The van der Waals surface area contributed by atoms with Crippen molar-refractivity contribution in [2.45, 2.75) is 4.90 Å².